The fraction of sp³-hybridized carbons (Fsp3) is 0.611. The SMILES string of the molecule is CSCCC(N)C(=O)NC(C(=O)NC(CO)C(=O)NC(Cc1cnc[nH]1)C(=O)O)C(C)O. The summed E-state index contributed by atoms with van der Waals surface area (Å²) >= 11 is 1.49. The van der Waals surface area contributed by atoms with Gasteiger partial charge in [-0.05, 0) is 25.4 Å². The predicted octanol–water partition coefficient (Wildman–Crippen LogP) is -3.06. The third-order valence-corrected chi connectivity index (χ3v) is 5.09. The Morgan fingerprint density at radius 2 is 1.81 bits per heavy atom. The summed E-state index contributed by atoms with van der Waals surface area (Å²) in [6.45, 7) is 0.415. The van der Waals surface area contributed by atoms with Gasteiger partial charge in [-0.3, -0.25) is 14.4 Å². The summed E-state index contributed by atoms with van der Waals surface area (Å²) in [6.07, 6.45) is 3.52. The van der Waals surface area contributed by atoms with Crippen LogP contribution >= 0.6 is 11.8 Å². The van der Waals surface area contributed by atoms with Gasteiger partial charge >= 0.3 is 5.97 Å². The lowest BCUT2D eigenvalue weighted by atomic mass is 10.1. The molecule has 0 aliphatic carbocycles. The molecule has 9 N–H and O–H groups in total. The highest BCUT2D eigenvalue weighted by atomic mass is 32.2. The van der Waals surface area contributed by atoms with Gasteiger partial charge in [-0.15, -0.1) is 0 Å². The van der Waals surface area contributed by atoms with Crippen molar-refractivity contribution in [2.45, 2.75) is 50.0 Å². The number of aliphatic hydroxyl groups is 2. The van der Waals surface area contributed by atoms with Crippen LogP contribution in [-0.4, -0.2) is 97.9 Å². The number of nitrogens with one attached hydrogen (secondary N) is 4. The number of aliphatic carboxylic acids is 1. The first-order valence-electron chi connectivity index (χ1n) is 9.75. The number of hydrogen-bond donors (Lipinski definition) is 8. The van der Waals surface area contributed by atoms with Crippen LogP contribution in [-0.2, 0) is 25.6 Å². The molecule has 0 saturated carbocycles. The fourth-order valence-electron chi connectivity index (χ4n) is 2.59. The maximum Gasteiger partial charge on any atom is 0.326 e. The van der Waals surface area contributed by atoms with E-state index in [9.17, 15) is 34.5 Å². The summed E-state index contributed by atoms with van der Waals surface area (Å²) in [7, 11) is 0. The van der Waals surface area contributed by atoms with Crippen molar-refractivity contribution in [1.29, 1.82) is 0 Å². The van der Waals surface area contributed by atoms with Crippen LogP contribution in [0.2, 0.25) is 0 Å². The highest BCUT2D eigenvalue weighted by molar-refractivity contribution is 7.98. The summed E-state index contributed by atoms with van der Waals surface area (Å²) in [5, 5.41) is 35.5. The molecule has 1 aromatic rings. The minimum absolute atomic E-state index is 0.104. The van der Waals surface area contributed by atoms with Crippen LogP contribution in [0.25, 0.3) is 0 Å². The first-order valence-corrected chi connectivity index (χ1v) is 11.1. The normalized spacial score (nSPS) is 15.7. The van der Waals surface area contributed by atoms with E-state index in [1.54, 1.807) is 0 Å². The molecular formula is C18H30N6O7S. The number of aromatic amines is 1. The molecule has 1 heterocycles. The van der Waals surface area contributed by atoms with Crippen LogP contribution in [0.5, 0.6) is 0 Å². The second-order valence-corrected chi connectivity index (χ2v) is 8.02. The number of nitrogens with two attached hydrogens (primary N) is 1. The summed E-state index contributed by atoms with van der Waals surface area (Å²) in [5.74, 6) is -3.27. The Morgan fingerprint density at radius 1 is 1.16 bits per heavy atom. The average Bonchev–Trinajstić information content (AvgIpc) is 3.25. The van der Waals surface area contributed by atoms with Crippen LogP contribution in [0, 0.1) is 0 Å². The van der Waals surface area contributed by atoms with Crippen molar-refractivity contribution in [3.63, 3.8) is 0 Å². The van der Waals surface area contributed by atoms with Crippen molar-refractivity contribution in [3.8, 4) is 0 Å². The Hall–Kier alpha value is -2.68. The van der Waals surface area contributed by atoms with Crippen LogP contribution in [0.4, 0.5) is 0 Å². The fourth-order valence-corrected chi connectivity index (χ4v) is 3.08. The lowest BCUT2D eigenvalue weighted by Gasteiger charge is -2.25. The summed E-state index contributed by atoms with van der Waals surface area (Å²) in [4.78, 5) is 55.1. The van der Waals surface area contributed by atoms with E-state index < -0.39 is 60.6 Å². The number of carboxylic acid groups (broad SMARTS) is 1. The molecule has 32 heavy (non-hydrogen) atoms. The minimum Gasteiger partial charge on any atom is -0.480 e. The van der Waals surface area contributed by atoms with Crippen LogP contribution in [0.15, 0.2) is 12.5 Å². The predicted molar refractivity (Wildman–Crippen MR) is 115 cm³/mol. The van der Waals surface area contributed by atoms with Gasteiger partial charge in [-0.2, -0.15) is 11.8 Å². The summed E-state index contributed by atoms with van der Waals surface area (Å²) < 4.78 is 0. The zero-order chi connectivity index (χ0) is 24.3. The number of rotatable bonds is 14. The van der Waals surface area contributed by atoms with Crippen LogP contribution in [0.1, 0.15) is 19.0 Å². The van der Waals surface area contributed by atoms with Crippen molar-refractivity contribution in [2.75, 3.05) is 18.6 Å². The lowest BCUT2D eigenvalue weighted by Crippen LogP contribution is -2.60. The molecule has 1 aromatic heterocycles. The van der Waals surface area contributed by atoms with E-state index in [1.807, 2.05) is 6.26 Å². The Balaban J connectivity index is 2.78. The van der Waals surface area contributed by atoms with Gasteiger partial charge in [0.05, 0.1) is 25.1 Å². The van der Waals surface area contributed by atoms with Crippen molar-refractivity contribution in [3.05, 3.63) is 18.2 Å². The molecule has 0 saturated heterocycles. The maximum atomic E-state index is 12.6. The number of imidazole rings is 1. The lowest BCUT2D eigenvalue weighted by molar-refractivity contribution is -0.142. The molecule has 180 valence electrons. The van der Waals surface area contributed by atoms with E-state index in [-0.39, 0.29) is 6.42 Å². The third-order valence-electron chi connectivity index (χ3n) is 4.44. The minimum atomic E-state index is -1.52. The Morgan fingerprint density at radius 3 is 2.31 bits per heavy atom. The zero-order valence-electron chi connectivity index (χ0n) is 17.8. The number of H-pyrrole nitrogens is 1. The van der Waals surface area contributed by atoms with E-state index in [4.69, 9.17) is 5.73 Å². The van der Waals surface area contributed by atoms with Crippen LogP contribution < -0.4 is 21.7 Å². The Bertz CT molecular complexity index is 761. The molecule has 0 aromatic carbocycles. The number of nitrogens with zero attached hydrogens (tertiary/aromatic N) is 1. The molecule has 13 nitrogen and oxygen atoms in total. The van der Waals surface area contributed by atoms with Crippen molar-refractivity contribution < 1.29 is 34.5 Å². The smallest absolute Gasteiger partial charge is 0.326 e. The highest BCUT2D eigenvalue weighted by Gasteiger charge is 2.32. The topological polar surface area (TPSA) is 220 Å². The standard InChI is InChI=1S/C18H30N6O7S/c1-9(26)14(24-15(27)11(19)3-4-32-2)17(29)23-13(7-25)16(28)22-12(18(30)31)5-10-6-20-8-21-10/h6,8-9,11-14,25-26H,3-5,7,19H2,1-2H3,(H,20,21)(H,22,28)(H,23,29)(H,24,27)(H,30,31). The van der Waals surface area contributed by atoms with Crippen molar-refractivity contribution >= 4 is 35.5 Å². The molecule has 3 amide bonds. The zero-order valence-corrected chi connectivity index (χ0v) is 18.6. The summed E-state index contributed by atoms with van der Waals surface area (Å²) in [6, 6.07) is -5.21. The van der Waals surface area contributed by atoms with Crippen molar-refractivity contribution in [1.82, 2.24) is 25.9 Å². The Kier molecular flexibility index (Phi) is 11.7. The molecule has 0 bridgehead atoms. The van der Waals surface area contributed by atoms with Crippen LogP contribution in [0.3, 0.4) is 0 Å². The number of amides is 3. The van der Waals surface area contributed by atoms with E-state index in [2.05, 4.69) is 25.9 Å². The van der Waals surface area contributed by atoms with Gasteiger partial charge in [0.25, 0.3) is 0 Å². The number of carbonyl (C=O) groups is 4. The van der Waals surface area contributed by atoms with Gasteiger partial charge < -0.3 is 42.0 Å². The molecule has 0 spiro atoms. The molecule has 14 heteroatoms. The molecule has 0 radical (unpaired) electrons. The van der Waals surface area contributed by atoms with E-state index in [0.29, 0.717) is 17.9 Å². The van der Waals surface area contributed by atoms with E-state index in [1.165, 1.54) is 31.2 Å². The second kappa shape index (κ2) is 13.7. The molecule has 5 atom stereocenters. The largest absolute Gasteiger partial charge is 0.480 e. The molecule has 0 fully saturated rings. The molecule has 1 rings (SSSR count). The van der Waals surface area contributed by atoms with E-state index in [0.717, 1.165) is 0 Å². The number of aliphatic hydroxyl groups excluding tert-OH is 2. The van der Waals surface area contributed by atoms with Gasteiger partial charge in [0.1, 0.15) is 18.1 Å². The monoisotopic (exact) mass is 474 g/mol. The van der Waals surface area contributed by atoms with Gasteiger partial charge in [-0.25, -0.2) is 9.78 Å². The third kappa shape index (κ3) is 8.82. The second-order valence-electron chi connectivity index (χ2n) is 7.04. The van der Waals surface area contributed by atoms with E-state index >= 15 is 0 Å². The average molecular weight is 475 g/mol. The number of carboxylic acids is 1. The van der Waals surface area contributed by atoms with Gasteiger partial charge in [0, 0.05) is 18.3 Å². The maximum absolute atomic E-state index is 12.6. The number of thioether (sulfide) groups is 1. The van der Waals surface area contributed by atoms with Gasteiger partial charge in [0.15, 0.2) is 0 Å². The number of carbonyl (C=O) groups excluding carboxylic acids is 3. The van der Waals surface area contributed by atoms with Gasteiger partial charge in [0.2, 0.25) is 17.7 Å². The Labute approximate surface area is 188 Å². The first-order chi connectivity index (χ1) is 15.1. The summed E-state index contributed by atoms with van der Waals surface area (Å²) in [5.41, 5.74) is 6.22. The number of aromatic nitrogens is 2. The molecule has 5 unspecified atom stereocenters. The molecule has 0 aliphatic heterocycles. The quantitative estimate of drug-likeness (QED) is 0.136. The van der Waals surface area contributed by atoms with Crippen molar-refractivity contribution in [2.24, 2.45) is 5.73 Å². The first kappa shape index (κ1) is 27.4. The van der Waals surface area contributed by atoms with Gasteiger partial charge in [-0.1, -0.05) is 0 Å². The number of hydrogen-bond acceptors (Lipinski definition) is 9. The molecular weight excluding hydrogens is 444 g/mol. The molecule has 0 aliphatic rings. The highest BCUT2D eigenvalue weighted by Crippen LogP contribution is 2.03.